The lowest BCUT2D eigenvalue weighted by atomic mass is 10.1. The number of benzene rings is 1. The molecule has 1 heterocycles. The summed E-state index contributed by atoms with van der Waals surface area (Å²) >= 11 is 3.27. The van der Waals surface area contributed by atoms with Crippen LogP contribution in [0.2, 0.25) is 0 Å². The molecular weight excluding hydrogens is 360 g/mol. The molecule has 1 fully saturated rings. The third-order valence-electron chi connectivity index (χ3n) is 3.18. The summed E-state index contributed by atoms with van der Waals surface area (Å²) in [6, 6.07) is 4.86. The van der Waals surface area contributed by atoms with E-state index in [1.165, 1.54) is 12.3 Å². The van der Waals surface area contributed by atoms with Crippen molar-refractivity contribution in [1.29, 1.82) is 0 Å². The Bertz CT molecular complexity index is 673. The maximum absolute atomic E-state index is 11.7. The zero-order chi connectivity index (χ0) is 15.5. The first-order valence-electron chi connectivity index (χ1n) is 6.36. The molecule has 114 valence electrons. The fourth-order valence-electron chi connectivity index (χ4n) is 2.14. The second kappa shape index (κ2) is 6.57. The molecule has 0 aromatic heterocycles. The second-order valence-electron chi connectivity index (χ2n) is 4.97. The lowest BCUT2D eigenvalue weighted by Crippen LogP contribution is -2.21. The highest BCUT2D eigenvalue weighted by Crippen LogP contribution is 2.21. The average Bonchev–Trinajstić information content (AvgIpc) is 2.73. The third kappa shape index (κ3) is 4.82. The molecule has 1 aliphatic heterocycles. The molecule has 0 saturated carbocycles. The van der Waals surface area contributed by atoms with E-state index >= 15 is 0 Å². The SMILES string of the molecule is O=C(C[C@H]1CCS(=O)(=O)C1)N/N=C/c1cc(Br)ccc1O. The molecule has 21 heavy (non-hydrogen) atoms. The molecule has 1 saturated heterocycles. The van der Waals surface area contributed by atoms with Gasteiger partial charge in [0.25, 0.3) is 0 Å². The summed E-state index contributed by atoms with van der Waals surface area (Å²) < 4.78 is 23.4. The zero-order valence-electron chi connectivity index (χ0n) is 11.1. The van der Waals surface area contributed by atoms with Crippen LogP contribution in [0.1, 0.15) is 18.4 Å². The number of nitrogens with zero attached hydrogens (tertiary/aromatic N) is 1. The highest BCUT2D eigenvalue weighted by Gasteiger charge is 2.29. The van der Waals surface area contributed by atoms with Crippen molar-refractivity contribution in [3.63, 3.8) is 0 Å². The van der Waals surface area contributed by atoms with Gasteiger partial charge < -0.3 is 5.11 Å². The van der Waals surface area contributed by atoms with Crippen LogP contribution >= 0.6 is 15.9 Å². The minimum absolute atomic E-state index is 0.0538. The van der Waals surface area contributed by atoms with Crippen molar-refractivity contribution in [1.82, 2.24) is 5.43 Å². The van der Waals surface area contributed by atoms with E-state index in [1.807, 2.05) is 0 Å². The highest BCUT2D eigenvalue weighted by atomic mass is 79.9. The highest BCUT2D eigenvalue weighted by molar-refractivity contribution is 9.10. The summed E-state index contributed by atoms with van der Waals surface area (Å²) in [4.78, 5) is 11.7. The Kier molecular flexibility index (Phi) is 5.00. The van der Waals surface area contributed by atoms with Gasteiger partial charge >= 0.3 is 0 Å². The molecule has 2 rings (SSSR count). The molecule has 2 N–H and O–H groups in total. The van der Waals surface area contributed by atoms with Gasteiger partial charge in [-0.25, -0.2) is 13.8 Å². The third-order valence-corrected chi connectivity index (χ3v) is 5.51. The van der Waals surface area contributed by atoms with E-state index < -0.39 is 9.84 Å². The number of carbonyl (C=O) groups is 1. The first-order chi connectivity index (χ1) is 9.85. The Morgan fingerprint density at radius 3 is 2.95 bits per heavy atom. The van der Waals surface area contributed by atoms with E-state index in [-0.39, 0.29) is 35.5 Å². The predicted molar refractivity (Wildman–Crippen MR) is 82.9 cm³/mol. The largest absolute Gasteiger partial charge is 0.507 e. The van der Waals surface area contributed by atoms with Gasteiger partial charge in [-0.3, -0.25) is 4.79 Å². The standard InChI is InChI=1S/C13H15BrN2O4S/c14-11-1-2-12(17)10(6-11)7-15-16-13(18)5-9-3-4-21(19,20)8-9/h1-2,6-7,9,17H,3-5,8H2,(H,16,18)/b15-7+/t9-/m1/s1. The van der Waals surface area contributed by atoms with Gasteiger partial charge in [0.1, 0.15) is 5.75 Å². The molecule has 1 atom stereocenters. The van der Waals surface area contributed by atoms with E-state index in [1.54, 1.807) is 12.1 Å². The Balaban J connectivity index is 1.86. The summed E-state index contributed by atoms with van der Waals surface area (Å²) in [6.07, 6.45) is 2.00. The summed E-state index contributed by atoms with van der Waals surface area (Å²) in [5, 5.41) is 13.4. The molecule has 8 heteroatoms. The second-order valence-corrected chi connectivity index (χ2v) is 8.11. The van der Waals surface area contributed by atoms with Crippen molar-refractivity contribution in [3.05, 3.63) is 28.2 Å². The van der Waals surface area contributed by atoms with Crippen LogP contribution in [0.4, 0.5) is 0 Å². The van der Waals surface area contributed by atoms with Crippen LogP contribution in [0.3, 0.4) is 0 Å². The number of hydrazone groups is 1. The monoisotopic (exact) mass is 374 g/mol. The van der Waals surface area contributed by atoms with Crippen molar-refractivity contribution in [2.75, 3.05) is 11.5 Å². The first-order valence-corrected chi connectivity index (χ1v) is 8.98. The summed E-state index contributed by atoms with van der Waals surface area (Å²) in [5.41, 5.74) is 2.81. The number of amides is 1. The quantitative estimate of drug-likeness (QED) is 0.615. The van der Waals surface area contributed by atoms with Gasteiger partial charge in [0.15, 0.2) is 9.84 Å². The van der Waals surface area contributed by atoms with Gasteiger partial charge in [0.2, 0.25) is 5.91 Å². The van der Waals surface area contributed by atoms with Crippen molar-refractivity contribution in [3.8, 4) is 5.75 Å². The Morgan fingerprint density at radius 2 is 2.29 bits per heavy atom. The average molecular weight is 375 g/mol. The number of halogens is 1. The van der Waals surface area contributed by atoms with Crippen LogP contribution in [0, 0.1) is 5.92 Å². The van der Waals surface area contributed by atoms with Crippen LogP contribution in [0.15, 0.2) is 27.8 Å². The minimum Gasteiger partial charge on any atom is -0.507 e. The smallest absolute Gasteiger partial charge is 0.240 e. The first kappa shape index (κ1) is 16.0. The maximum atomic E-state index is 11.7. The van der Waals surface area contributed by atoms with Gasteiger partial charge in [0.05, 0.1) is 17.7 Å². The van der Waals surface area contributed by atoms with Crippen LogP contribution in [-0.2, 0) is 14.6 Å². The van der Waals surface area contributed by atoms with Gasteiger partial charge in [-0.1, -0.05) is 15.9 Å². The van der Waals surface area contributed by atoms with E-state index in [0.717, 1.165) is 4.47 Å². The van der Waals surface area contributed by atoms with Gasteiger partial charge in [-0.05, 0) is 30.5 Å². The van der Waals surface area contributed by atoms with Crippen molar-refractivity contribution < 1.29 is 18.3 Å². The molecular formula is C13H15BrN2O4S. The summed E-state index contributed by atoms with van der Waals surface area (Å²) in [5.74, 6) is -0.193. The Morgan fingerprint density at radius 1 is 1.52 bits per heavy atom. The van der Waals surface area contributed by atoms with Crippen LogP contribution < -0.4 is 5.43 Å². The van der Waals surface area contributed by atoms with Crippen molar-refractivity contribution in [2.24, 2.45) is 11.0 Å². The molecule has 1 aromatic rings. The van der Waals surface area contributed by atoms with E-state index in [2.05, 4.69) is 26.5 Å². The molecule has 0 aliphatic carbocycles. The zero-order valence-corrected chi connectivity index (χ0v) is 13.5. The fourth-order valence-corrected chi connectivity index (χ4v) is 4.38. The topological polar surface area (TPSA) is 95.8 Å². The van der Waals surface area contributed by atoms with Gasteiger partial charge in [-0.2, -0.15) is 5.10 Å². The van der Waals surface area contributed by atoms with E-state index in [9.17, 15) is 18.3 Å². The van der Waals surface area contributed by atoms with Gasteiger partial charge in [-0.15, -0.1) is 0 Å². The van der Waals surface area contributed by atoms with Crippen LogP contribution in [0.5, 0.6) is 5.75 Å². The number of phenols is 1. The molecule has 0 spiro atoms. The van der Waals surface area contributed by atoms with Crippen LogP contribution in [0.25, 0.3) is 0 Å². The number of phenolic OH excluding ortho intramolecular Hbond substituents is 1. The Labute approximate surface area is 131 Å². The number of carbonyl (C=O) groups excluding carboxylic acids is 1. The lowest BCUT2D eigenvalue weighted by Gasteiger charge is -2.05. The molecule has 0 bridgehead atoms. The maximum Gasteiger partial charge on any atom is 0.240 e. The Hall–Kier alpha value is -1.41. The number of hydrogen-bond donors (Lipinski definition) is 2. The minimum atomic E-state index is -2.97. The number of nitrogens with one attached hydrogen (secondary N) is 1. The fraction of sp³-hybridized carbons (Fsp3) is 0.385. The molecule has 1 amide bonds. The number of aromatic hydroxyl groups is 1. The van der Waals surface area contributed by atoms with Crippen molar-refractivity contribution in [2.45, 2.75) is 12.8 Å². The normalized spacial score (nSPS) is 20.7. The predicted octanol–water partition coefficient (Wildman–Crippen LogP) is 1.43. The summed E-state index contributed by atoms with van der Waals surface area (Å²) in [7, 11) is -2.97. The number of rotatable bonds is 4. The van der Waals surface area contributed by atoms with Crippen LogP contribution in [-0.4, -0.2) is 37.2 Å². The number of sulfone groups is 1. The van der Waals surface area contributed by atoms with E-state index in [4.69, 9.17) is 0 Å². The molecule has 0 unspecified atom stereocenters. The van der Waals surface area contributed by atoms with Crippen molar-refractivity contribution >= 4 is 37.9 Å². The molecule has 0 radical (unpaired) electrons. The number of hydrogen-bond acceptors (Lipinski definition) is 5. The molecule has 6 nitrogen and oxygen atoms in total. The van der Waals surface area contributed by atoms with Gasteiger partial charge in [0, 0.05) is 16.5 Å². The summed E-state index contributed by atoms with van der Waals surface area (Å²) in [6.45, 7) is 0. The molecule has 1 aromatic carbocycles. The van der Waals surface area contributed by atoms with E-state index in [0.29, 0.717) is 12.0 Å². The lowest BCUT2D eigenvalue weighted by molar-refractivity contribution is -0.121. The molecule has 1 aliphatic rings.